The summed E-state index contributed by atoms with van der Waals surface area (Å²) in [6.07, 6.45) is -1.43. The molecule has 0 fully saturated rings. The summed E-state index contributed by atoms with van der Waals surface area (Å²) >= 11 is 0. The quantitative estimate of drug-likeness (QED) is 0.758. The molecular formula is C19H19FN2O5. The molecule has 7 nitrogen and oxygen atoms in total. The summed E-state index contributed by atoms with van der Waals surface area (Å²) < 4.78 is 24.2. The Kier molecular flexibility index (Phi) is 6.87. The van der Waals surface area contributed by atoms with E-state index in [4.69, 9.17) is 9.47 Å². The van der Waals surface area contributed by atoms with Crippen LogP contribution in [0.15, 0.2) is 48.5 Å². The van der Waals surface area contributed by atoms with Crippen molar-refractivity contribution in [2.45, 2.75) is 13.0 Å². The van der Waals surface area contributed by atoms with Gasteiger partial charge in [-0.25, -0.2) is 14.0 Å². The van der Waals surface area contributed by atoms with E-state index in [9.17, 15) is 18.8 Å². The maximum Gasteiger partial charge on any atom is 0.342 e. The van der Waals surface area contributed by atoms with Crippen LogP contribution in [0.1, 0.15) is 28.9 Å². The van der Waals surface area contributed by atoms with Crippen LogP contribution in [0.2, 0.25) is 0 Å². The van der Waals surface area contributed by atoms with Crippen molar-refractivity contribution < 1.29 is 28.2 Å². The van der Waals surface area contributed by atoms with E-state index < -0.39 is 29.8 Å². The first-order valence-electron chi connectivity index (χ1n) is 8.14. The third-order valence-corrected chi connectivity index (χ3v) is 3.54. The highest BCUT2D eigenvalue weighted by Gasteiger charge is 2.28. The highest BCUT2D eigenvalue weighted by molar-refractivity contribution is 5.99. The molecule has 2 aromatic rings. The predicted molar refractivity (Wildman–Crippen MR) is 94.8 cm³/mol. The Morgan fingerprint density at radius 2 is 1.81 bits per heavy atom. The first kappa shape index (κ1) is 19.9. The van der Waals surface area contributed by atoms with Crippen LogP contribution in [0.3, 0.4) is 0 Å². The van der Waals surface area contributed by atoms with Crippen LogP contribution in [0.5, 0.6) is 5.75 Å². The first-order chi connectivity index (χ1) is 13.0. The highest BCUT2D eigenvalue weighted by Crippen LogP contribution is 2.22. The lowest BCUT2D eigenvalue weighted by atomic mass is 10.1. The minimum Gasteiger partial charge on any atom is -0.497 e. The molecule has 2 aromatic carbocycles. The van der Waals surface area contributed by atoms with E-state index in [1.807, 2.05) is 0 Å². The second-order valence-corrected chi connectivity index (χ2v) is 5.39. The van der Waals surface area contributed by atoms with E-state index >= 15 is 0 Å². The smallest absolute Gasteiger partial charge is 0.342 e. The van der Waals surface area contributed by atoms with Crippen molar-refractivity contribution in [3.8, 4) is 5.75 Å². The van der Waals surface area contributed by atoms with Gasteiger partial charge >= 0.3 is 12.0 Å². The van der Waals surface area contributed by atoms with Crippen molar-refractivity contribution in [3.63, 3.8) is 0 Å². The molecule has 0 aromatic heterocycles. The SMILES string of the molecule is CCNC(=O)NC(=O)[C@H](OC(=O)c1ccc(OC)cc1F)c1ccccc1. The predicted octanol–water partition coefficient (Wildman–Crippen LogP) is 2.58. The van der Waals surface area contributed by atoms with Gasteiger partial charge < -0.3 is 14.8 Å². The lowest BCUT2D eigenvalue weighted by molar-refractivity contribution is -0.129. The van der Waals surface area contributed by atoms with E-state index in [1.54, 1.807) is 37.3 Å². The molecule has 27 heavy (non-hydrogen) atoms. The van der Waals surface area contributed by atoms with Gasteiger partial charge in [-0.1, -0.05) is 30.3 Å². The van der Waals surface area contributed by atoms with Gasteiger partial charge in [-0.2, -0.15) is 0 Å². The average molecular weight is 374 g/mol. The average Bonchev–Trinajstić information content (AvgIpc) is 2.66. The summed E-state index contributed by atoms with van der Waals surface area (Å²) in [7, 11) is 1.36. The zero-order valence-electron chi connectivity index (χ0n) is 14.8. The summed E-state index contributed by atoms with van der Waals surface area (Å²) in [5.41, 5.74) is -0.0240. The topological polar surface area (TPSA) is 93.7 Å². The maximum absolute atomic E-state index is 14.1. The number of imide groups is 1. The molecule has 0 saturated carbocycles. The molecule has 0 spiro atoms. The van der Waals surface area contributed by atoms with E-state index in [0.717, 1.165) is 6.07 Å². The fraction of sp³-hybridized carbons (Fsp3) is 0.211. The largest absolute Gasteiger partial charge is 0.497 e. The molecule has 2 N–H and O–H groups in total. The molecule has 0 saturated heterocycles. The molecule has 0 aliphatic heterocycles. The number of carbonyl (C=O) groups is 3. The molecule has 8 heteroatoms. The third-order valence-electron chi connectivity index (χ3n) is 3.54. The first-order valence-corrected chi connectivity index (χ1v) is 8.14. The van der Waals surface area contributed by atoms with Crippen LogP contribution < -0.4 is 15.4 Å². The molecule has 0 heterocycles. The van der Waals surface area contributed by atoms with Crippen molar-refractivity contribution >= 4 is 17.9 Å². The molecule has 1 atom stereocenters. The number of amides is 3. The maximum atomic E-state index is 14.1. The van der Waals surface area contributed by atoms with Gasteiger partial charge in [0.25, 0.3) is 5.91 Å². The van der Waals surface area contributed by atoms with Crippen LogP contribution in [-0.4, -0.2) is 31.6 Å². The van der Waals surface area contributed by atoms with Crippen molar-refractivity contribution in [3.05, 3.63) is 65.5 Å². The molecule has 0 unspecified atom stereocenters. The number of hydrogen-bond donors (Lipinski definition) is 2. The fourth-order valence-electron chi connectivity index (χ4n) is 2.24. The van der Waals surface area contributed by atoms with Crippen LogP contribution in [0, 0.1) is 5.82 Å². The summed E-state index contributed by atoms with van der Waals surface area (Å²) in [6.45, 7) is 2.00. The van der Waals surface area contributed by atoms with Crippen LogP contribution in [0.4, 0.5) is 9.18 Å². The number of methoxy groups -OCH3 is 1. The summed E-state index contributed by atoms with van der Waals surface area (Å²) in [4.78, 5) is 36.4. The van der Waals surface area contributed by atoms with Gasteiger partial charge in [0.2, 0.25) is 6.10 Å². The minimum atomic E-state index is -1.43. The summed E-state index contributed by atoms with van der Waals surface area (Å²) in [6, 6.07) is 11.0. The number of esters is 1. The Bertz CT molecular complexity index is 826. The second-order valence-electron chi connectivity index (χ2n) is 5.39. The third kappa shape index (κ3) is 5.27. The molecule has 0 bridgehead atoms. The Morgan fingerprint density at radius 3 is 2.41 bits per heavy atom. The number of rotatable bonds is 6. The lowest BCUT2D eigenvalue weighted by Gasteiger charge is -2.18. The van der Waals surface area contributed by atoms with Gasteiger partial charge in [-0.15, -0.1) is 0 Å². The van der Waals surface area contributed by atoms with Crippen molar-refractivity contribution in [1.29, 1.82) is 0 Å². The summed E-state index contributed by atoms with van der Waals surface area (Å²) in [5, 5.41) is 4.49. The normalized spacial score (nSPS) is 11.2. The van der Waals surface area contributed by atoms with E-state index in [1.165, 1.54) is 19.2 Å². The van der Waals surface area contributed by atoms with E-state index in [-0.39, 0.29) is 11.3 Å². The van der Waals surface area contributed by atoms with Crippen LogP contribution >= 0.6 is 0 Å². The Morgan fingerprint density at radius 1 is 1.11 bits per heavy atom. The highest BCUT2D eigenvalue weighted by atomic mass is 19.1. The van der Waals surface area contributed by atoms with Gasteiger partial charge in [0.1, 0.15) is 11.6 Å². The number of nitrogens with one attached hydrogen (secondary N) is 2. The molecule has 0 aliphatic carbocycles. The van der Waals surface area contributed by atoms with Gasteiger partial charge in [-0.05, 0) is 19.1 Å². The van der Waals surface area contributed by atoms with Crippen molar-refractivity contribution in [2.75, 3.05) is 13.7 Å². The van der Waals surface area contributed by atoms with Gasteiger partial charge in [0.15, 0.2) is 0 Å². The van der Waals surface area contributed by atoms with Gasteiger partial charge in [0, 0.05) is 18.2 Å². The molecule has 3 amide bonds. The second kappa shape index (κ2) is 9.33. The number of hydrogen-bond acceptors (Lipinski definition) is 5. The van der Waals surface area contributed by atoms with E-state index in [0.29, 0.717) is 12.1 Å². The monoisotopic (exact) mass is 374 g/mol. The minimum absolute atomic E-state index is 0.234. The van der Waals surface area contributed by atoms with Gasteiger partial charge in [0.05, 0.1) is 12.7 Å². The zero-order chi connectivity index (χ0) is 19.8. The molecular weight excluding hydrogens is 355 g/mol. The molecule has 2 rings (SSSR count). The Hall–Kier alpha value is -3.42. The van der Waals surface area contributed by atoms with Crippen molar-refractivity contribution in [1.82, 2.24) is 10.6 Å². The molecule has 0 aliphatic rings. The van der Waals surface area contributed by atoms with Crippen molar-refractivity contribution in [2.24, 2.45) is 0 Å². The lowest BCUT2D eigenvalue weighted by Crippen LogP contribution is -2.42. The summed E-state index contributed by atoms with van der Waals surface area (Å²) in [5.74, 6) is -2.52. The number of ether oxygens (including phenoxy) is 2. The number of carbonyl (C=O) groups excluding carboxylic acids is 3. The van der Waals surface area contributed by atoms with Crippen LogP contribution in [-0.2, 0) is 9.53 Å². The standard InChI is InChI=1S/C19H19FN2O5/c1-3-21-19(25)22-17(23)16(12-7-5-4-6-8-12)27-18(24)14-10-9-13(26-2)11-15(14)20/h4-11,16H,3H2,1-2H3,(H2,21,22,23,25)/t16-/m1/s1. The number of benzene rings is 2. The zero-order valence-corrected chi connectivity index (χ0v) is 14.8. The number of urea groups is 1. The van der Waals surface area contributed by atoms with Gasteiger partial charge in [-0.3, -0.25) is 10.1 Å². The van der Waals surface area contributed by atoms with Crippen LogP contribution in [0.25, 0.3) is 0 Å². The van der Waals surface area contributed by atoms with E-state index in [2.05, 4.69) is 10.6 Å². The molecule has 0 radical (unpaired) electrons. The number of halogens is 1. The molecule has 142 valence electrons. The Labute approximate surface area is 155 Å². The fourth-order valence-corrected chi connectivity index (χ4v) is 2.24. The Balaban J connectivity index is 2.25.